The van der Waals surface area contributed by atoms with Gasteiger partial charge in [-0.15, -0.1) is 0 Å². The number of carbonyl (C=O) groups excluding carboxylic acids is 1. The molecular formula is C19H21NO2. The molecule has 1 saturated carbocycles. The Morgan fingerprint density at radius 1 is 0.864 bits per heavy atom. The first kappa shape index (κ1) is 14.6. The molecule has 0 atom stereocenters. The summed E-state index contributed by atoms with van der Waals surface area (Å²) in [5.41, 5.74) is 0.686. The molecule has 3 heteroatoms. The molecule has 2 aromatic rings. The highest BCUT2D eigenvalue weighted by molar-refractivity contribution is 5.94. The molecule has 0 spiro atoms. The van der Waals surface area contributed by atoms with Crippen LogP contribution in [0.25, 0.3) is 0 Å². The third kappa shape index (κ3) is 3.88. The molecule has 114 valence electrons. The second-order valence-electron chi connectivity index (χ2n) is 5.75. The Morgan fingerprint density at radius 3 is 2.18 bits per heavy atom. The van der Waals surface area contributed by atoms with Crippen molar-refractivity contribution in [2.45, 2.75) is 38.1 Å². The maximum absolute atomic E-state index is 12.2. The number of rotatable bonds is 4. The third-order valence-electron chi connectivity index (χ3n) is 4.04. The third-order valence-corrected chi connectivity index (χ3v) is 4.04. The molecule has 2 aromatic carbocycles. The van der Waals surface area contributed by atoms with Gasteiger partial charge in [-0.2, -0.15) is 0 Å². The Balaban J connectivity index is 1.59. The Bertz CT molecular complexity index is 601. The van der Waals surface area contributed by atoms with E-state index in [0.717, 1.165) is 24.3 Å². The number of carbonyl (C=O) groups is 1. The van der Waals surface area contributed by atoms with Gasteiger partial charge in [-0.3, -0.25) is 4.79 Å². The van der Waals surface area contributed by atoms with Gasteiger partial charge in [-0.1, -0.05) is 37.5 Å². The second-order valence-corrected chi connectivity index (χ2v) is 5.75. The molecule has 0 aromatic heterocycles. The van der Waals surface area contributed by atoms with Gasteiger partial charge in [0, 0.05) is 11.6 Å². The lowest BCUT2D eigenvalue weighted by Gasteiger charge is -2.22. The lowest BCUT2D eigenvalue weighted by atomic mass is 9.95. The zero-order valence-corrected chi connectivity index (χ0v) is 12.6. The molecule has 1 aliphatic rings. The van der Waals surface area contributed by atoms with Gasteiger partial charge in [0.05, 0.1) is 0 Å². The highest BCUT2D eigenvalue weighted by atomic mass is 16.5. The monoisotopic (exact) mass is 295 g/mol. The van der Waals surface area contributed by atoms with Crippen molar-refractivity contribution in [2.24, 2.45) is 0 Å². The van der Waals surface area contributed by atoms with Crippen molar-refractivity contribution in [2.75, 3.05) is 0 Å². The number of nitrogens with one attached hydrogen (secondary N) is 1. The van der Waals surface area contributed by atoms with Crippen LogP contribution in [-0.2, 0) is 0 Å². The lowest BCUT2D eigenvalue weighted by molar-refractivity contribution is 0.0927. The molecule has 1 amide bonds. The van der Waals surface area contributed by atoms with Gasteiger partial charge in [-0.25, -0.2) is 0 Å². The molecule has 22 heavy (non-hydrogen) atoms. The molecule has 3 rings (SSSR count). The van der Waals surface area contributed by atoms with Crippen LogP contribution in [0.1, 0.15) is 42.5 Å². The van der Waals surface area contributed by atoms with E-state index < -0.39 is 0 Å². The molecule has 0 bridgehead atoms. The second kappa shape index (κ2) is 7.12. The van der Waals surface area contributed by atoms with Crippen LogP contribution >= 0.6 is 0 Å². The minimum absolute atomic E-state index is 0.0122. The first-order chi connectivity index (χ1) is 10.8. The molecule has 0 radical (unpaired) electrons. The summed E-state index contributed by atoms with van der Waals surface area (Å²) in [5.74, 6) is 1.54. The summed E-state index contributed by atoms with van der Waals surface area (Å²) < 4.78 is 5.73. The molecule has 1 fully saturated rings. The van der Waals surface area contributed by atoms with Crippen molar-refractivity contribution in [1.82, 2.24) is 5.32 Å². The maximum atomic E-state index is 12.2. The highest BCUT2D eigenvalue weighted by Crippen LogP contribution is 2.22. The number of para-hydroxylation sites is 1. The van der Waals surface area contributed by atoms with E-state index in [1.807, 2.05) is 54.6 Å². The summed E-state index contributed by atoms with van der Waals surface area (Å²) in [6, 6.07) is 17.3. The number of ether oxygens (including phenoxy) is 1. The summed E-state index contributed by atoms with van der Waals surface area (Å²) >= 11 is 0. The van der Waals surface area contributed by atoms with Crippen LogP contribution in [0.2, 0.25) is 0 Å². The van der Waals surface area contributed by atoms with E-state index in [1.165, 1.54) is 19.3 Å². The Morgan fingerprint density at radius 2 is 1.50 bits per heavy atom. The summed E-state index contributed by atoms with van der Waals surface area (Å²) in [6.45, 7) is 0. The summed E-state index contributed by atoms with van der Waals surface area (Å²) in [6.07, 6.45) is 5.92. The fourth-order valence-corrected chi connectivity index (χ4v) is 2.81. The molecule has 1 aliphatic carbocycles. The van der Waals surface area contributed by atoms with E-state index in [0.29, 0.717) is 11.6 Å². The van der Waals surface area contributed by atoms with Crippen LogP contribution in [0.5, 0.6) is 11.5 Å². The predicted octanol–water partition coefficient (Wildman–Crippen LogP) is 4.54. The first-order valence-electron chi connectivity index (χ1n) is 7.95. The minimum Gasteiger partial charge on any atom is -0.457 e. The zero-order valence-electron chi connectivity index (χ0n) is 12.6. The van der Waals surface area contributed by atoms with Crippen molar-refractivity contribution in [1.29, 1.82) is 0 Å². The molecule has 0 saturated heterocycles. The Hall–Kier alpha value is -2.29. The van der Waals surface area contributed by atoms with Gasteiger partial charge in [-0.05, 0) is 49.2 Å². The van der Waals surface area contributed by atoms with Crippen molar-refractivity contribution >= 4 is 5.91 Å². The first-order valence-corrected chi connectivity index (χ1v) is 7.95. The lowest BCUT2D eigenvalue weighted by Crippen LogP contribution is -2.36. The number of benzene rings is 2. The highest BCUT2D eigenvalue weighted by Gasteiger charge is 2.16. The van der Waals surface area contributed by atoms with Crippen LogP contribution in [0.15, 0.2) is 54.6 Å². The van der Waals surface area contributed by atoms with Crippen LogP contribution in [0.3, 0.4) is 0 Å². The normalized spacial score (nSPS) is 15.3. The quantitative estimate of drug-likeness (QED) is 0.899. The largest absolute Gasteiger partial charge is 0.457 e. The fraction of sp³-hybridized carbons (Fsp3) is 0.316. The van der Waals surface area contributed by atoms with Gasteiger partial charge in [0.25, 0.3) is 5.91 Å². The standard InChI is InChI=1S/C19H21NO2/c21-19(20-16-7-3-1-4-8-16)15-11-13-18(14-12-15)22-17-9-5-2-6-10-17/h2,5-6,9-14,16H,1,3-4,7-8H2,(H,20,21). The molecule has 3 nitrogen and oxygen atoms in total. The van der Waals surface area contributed by atoms with Crippen LogP contribution in [-0.4, -0.2) is 11.9 Å². The molecule has 0 unspecified atom stereocenters. The van der Waals surface area contributed by atoms with Crippen LogP contribution in [0.4, 0.5) is 0 Å². The molecular weight excluding hydrogens is 274 g/mol. The number of hydrogen-bond donors (Lipinski definition) is 1. The van der Waals surface area contributed by atoms with Crippen LogP contribution in [0, 0.1) is 0 Å². The summed E-state index contributed by atoms with van der Waals surface area (Å²) in [4.78, 5) is 12.2. The Labute approximate surface area is 131 Å². The van der Waals surface area contributed by atoms with Crippen molar-refractivity contribution in [3.8, 4) is 11.5 Å². The maximum Gasteiger partial charge on any atom is 0.251 e. The van der Waals surface area contributed by atoms with E-state index in [4.69, 9.17) is 4.74 Å². The topological polar surface area (TPSA) is 38.3 Å². The molecule has 0 aliphatic heterocycles. The van der Waals surface area contributed by atoms with Gasteiger partial charge in [0.2, 0.25) is 0 Å². The van der Waals surface area contributed by atoms with Gasteiger partial charge < -0.3 is 10.1 Å². The summed E-state index contributed by atoms with van der Waals surface area (Å²) in [5, 5.41) is 3.12. The van der Waals surface area contributed by atoms with Gasteiger partial charge >= 0.3 is 0 Å². The van der Waals surface area contributed by atoms with Gasteiger partial charge in [0.1, 0.15) is 11.5 Å². The number of hydrogen-bond acceptors (Lipinski definition) is 2. The van der Waals surface area contributed by atoms with E-state index >= 15 is 0 Å². The fourth-order valence-electron chi connectivity index (χ4n) is 2.81. The van der Waals surface area contributed by atoms with Crippen molar-refractivity contribution < 1.29 is 9.53 Å². The minimum atomic E-state index is 0.0122. The predicted molar refractivity (Wildman–Crippen MR) is 87.3 cm³/mol. The smallest absolute Gasteiger partial charge is 0.251 e. The van der Waals surface area contributed by atoms with Crippen molar-refractivity contribution in [3.63, 3.8) is 0 Å². The molecule has 0 heterocycles. The Kier molecular flexibility index (Phi) is 4.74. The van der Waals surface area contributed by atoms with E-state index in [9.17, 15) is 4.79 Å². The molecule has 1 N–H and O–H groups in total. The van der Waals surface area contributed by atoms with E-state index in [-0.39, 0.29) is 5.91 Å². The van der Waals surface area contributed by atoms with E-state index in [2.05, 4.69) is 5.32 Å². The van der Waals surface area contributed by atoms with Gasteiger partial charge in [0.15, 0.2) is 0 Å². The van der Waals surface area contributed by atoms with Crippen molar-refractivity contribution in [3.05, 3.63) is 60.2 Å². The summed E-state index contributed by atoms with van der Waals surface area (Å²) in [7, 11) is 0. The average Bonchev–Trinajstić information content (AvgIpc) is 2.57. The average molecular weight is 295 g/mol. The van der Waals surface area contributed by atoms with Crippen LogP contribution < -0.4 is 10.1 Å². The number of amides is 1. The SMILES string of the molecule is O=C(NC1CCCCC1)c1ccc(Oc2ccccc2)cc1. The van der Waals surface area contributed by atoms with E-state index in [1.54, 1.807) is 0 Å². The zero-order chi connectivity index (χ0) is 15.2.